The maximum Gasteiger partial charge on any atom is 0.0638 e. The molecule has 0 aromatic heterocycles. The molecule has 2 rings (SSSR count). The van der Waals surface area contributed by atoms with Crippen molar-refractivity contribution in [2.45, 2.75) is 18.9 Å². The minimum absolute atomic E-state index is 0.109. The summed E-state index contributed by atoms with van der Waals surface area (Å²) < 4.78 is 10.9. The molecule has 0 aromatic carbocycles. The van der Waals surface area contributed by atoms with E-state index in [-0.39, 0.29) is 11.5 Å². The van der Waals surface area contributed by atoms with E-state index < -0.39 is 0 Å². The lowest BCUT2D eigenvalue weighted by Crippen LogP contribution is -2.21. The van der Waals surface area contributed by atoms with E-state index in [0.29, 0.717) is 6.54 Å². The first-order valence-electron chi connectivity index (χ1n) is 4.55. The highest BCUT2D eigenvalue weighted by molar-refractivity contribution is 4.91. The Balaban J connectivity index is 1.89. The first-order chi connectivity index (χ1) is 6.35. The van der Waals surface area contributed by atoms with Crippen molar-refractivity contribution in [2.75, 3.05) is 26.4 Å². The van der Waals surface area contributed by atoms with Crippen LogP contribution in [0.2, 0.25) is 0 Å². The largest absolute Gasteiger partial charge is 0.381 e. The number of nitrogens with zero attached hydrogens (tertiary/aromatic N) is 3. The van der Waals surface area contributed by atoms with Crippen LogP contribution in [-0.4, -0.2) is 32.5 Å². The van der Waals surface area contributed by atoms with Crippen molar-refractivity contribution in [3.63, 3.8) is 0 Å². The van der Waals surface area contributed by atoms with Gasteiger partial charge in [0.2, 0.25) is 0 Å². The number of rotatable bonds is 2. The first kappa shape index (κ1) is 8.81. The van der Waals surface area contributed by atoms with E-state index in [4.69, 9.17) is 15.0 Å². The number of azide groups is 1. The normalized spacial score (nSPS) is 38.0. The van der Waals surface area contributed by atoms with Gasteiger partial charge in [-0.05, 0) is 18.4 Å². The fourth-order valence-electron chi connectivity index (χ4n) is 2.06. The van der Waals surface area contributed by atoms with Crippen LogP contribution in [0.4, 0.5) is 0 Å². The van der Waals surface area contributed by atoms with E-state index in [0.717, 1.165) is 32.7 Å². The van der Waals surface area contributed by atoms with Crippen LogP contribution in [0.15, 0.2) is 5.11 Å². The molecule has 13 heavy (non-hydrogen) atoms. The molecule has 72 valence electrons. The summed E-state index contributed by atoms with van der Waals surface area (Å²) in [6.07, 6.45) is 2.17. The van der Waals surface area contributed by atoms with Crippen LogP contribution in [-0.2, 0) is 9.47 Å². The Bertz CT molecular complexity index is 232. The van der Waals surface area contributed by atoms with Crippen molar-refractivity contribution >= 4 is 0 Å². The topological polar surface area (TPSA) is 67.2 Å². The second-order valence-corrected chi connectivity index (χ2v) is 3.85. The molecule has 2 saturated heterocycles. The summed E-state index contributed by atoms with van der Waals surface area (Å²) in [6, 6.07) is 0. The van der Waals surface area contributed by atoms with Gasteiger partial charge in [0, 0.05) is 16.9 Å². The molecule has 1 spiro atoms. The van der Waals surface area contributed by atoms with E-state index >= 15 is 0 Å². The molecule has 0 N–H and O–H groups in total. The molecule has 2 aliphatic rings. The third kappa shape index (κ3) is 1.77. The maximum absolute atomic E-state index is 8.16. The predicted octanol–water partition coefficient (Wildman–Crippen LogP) is 1.49. The summed E-state index contributed by atoms with van der Waals surface area (Å²) >= 11 is 0. The maximum atomic E-state index is 8.16. The summed E-state index contributed by atoms with van der Waals surface area (Å²) in [5.74, 6) is 0. The summed E-state index contributed by atoms with van der Waals surface area (Å²) in [5, 5.41) is 3.52. The molecule has 0 radical (unpaired) electrons. The molecule has 0 saturated carbocycles. The predicted molar refractivity (Wildman–Crippen MR) is 46.2 cm³/mol. The summed E-state index contributed by atoms with van der Waals surface area (Å²) in [4.78, 5) is 2.73. The van der Waals surface area contributed by atoms with Crippen LogP contribution in [0.5, 0.6) is 0 Å². The Morgan fingerprint density at radius 2 is 2.46 bits per heavy atom. The summed E-state index contributed by atoms with van der Waals surface area (Å²) in [6.45, 7) is 2.87. The fourth-order valence-corrected chi connectivity index (χ4v) is 2.06. The quantitative estimate of drug-likeness (QED) is 0.370. The highest BCUT2D eigenvalue weighted by atomic mass is 16.5. The zero-order chi connectivity index (χ0) is 9.15. The van der Waals surface area contributed by atoms with Gasteiger partial charge in [0.25, 0.3) is 0 Å². The fraction of sp³-hybridized carbons (Fsp3) is 1.00. The Morgan fingerprint density at radius 3 is 3.15 bits per heavy atom. The second-order valence-electron chi connectivity index (χ2n) is 3.85. The van der Waals surface area contributed by atoms with E-state index in [1.165, 1.54) is 0 Å². The average molecular weight is 183 g/mol. The zero-order valence-electron chi connectivity index (χ0n) is 7.48. The van der Waals surface area contributed by atoms with Crippen LogP contribution < -0.4 is 0 Å². The third-order valence-corrected chi connectivity index (χ3v) is 2.82. The van der Waals surface area contributed by atoms with Gasteiger partial charge in [0.1, 0.15) is 0 Å². The highest BCUT2D eigenvalue weighted by Gasteiger charge is 2.42. The molecular formula is C8H13N3O2. The Kier molecular flexibility index (Phi) is 2.40. The molecule has 0 aliphatic carbocycles. The van der Waals surface area contributed by atoms with Gasteiger partial charge in [0.05, 0.1) is 25.9 Å². The van der Waals surface area contributed by atoms with Crippen LogP contribution in [0.25, 0.3) is 10.4 Å². The van der Waals surface area contributed by atoms with Crippen molar-refractivity contribution in [1.29, 1.82) is 0 Å². The average Bonchev–Trinajstić information content (AvgIpc) is 2.74. The van der Waals surface area contributed by atoms with Crippen LogP contribution in [0.3, 0.4) is 0 Å². The minimum Gasteiger partial charge on any atom is -0.381 e. The molecule has 2 heterocycles. The van der Waals surface area contributed by atoms with Gasteiger partial charge < -0.3 is 9.47 Å². The van der Waals surface area contributed by atoms with Crippen molar-refractivity contribution in [2.24, 2.45) is 10.5 Å². The summed E-state index contributed by atoms with van der Waals surface area (Å²) in [7, 11) is 0. The molecule has 5 nitrogen and oxygen atoms in total. The highest BCUT2D eigenvalue weighted by Crippen LogP contribution is 2.39. The Labute approximate surface area is 76.6 Å². The van der Waals surface area contributed by atoms with E-state index in [1.807, 2.05) is 0 Å². The van der Waals surface area contributed by atoms with Crippen molar-refractivity contribution in [3.05, 3.63) is 10.4 Å². The second kappa shape index (κ2) is 3.54. The van der Waals surface area contributed by atoms with Crippen LogP contribution >= 0.6 is 0 Å². The van der Waals surface area contributed by atoms with Gasteiger partial charge in [-0.15, -0.1) is 0 Å². The lowest BCUT2D eigenvalue weighted by molar-refractivity contribution is 0.0921. The lowest BCUT2D eigenvalue weighted by Gasteiger charge is -2.17. The Hall–Kier alpha value is -0.770. The first-order valence-corrected chi connectivity index (χ1v) is 4.55. The van der Waals surface area contributed by atoms with Gasteiger partial charge in [0.15, 0.2) is 0 Å². The zero-order valence-corrected chi connectivity index (χ0v) is 7.48. The molecule has 2 aliphatic heterocycles. The molecule has 2 atom stereocenters. The number of hydrogen-bond donors (Lipinski definition) is 0. The van der Waals surface area contributed by atoms with Crippen molar-refractivity contribution in [1.82, 2.24) is 0 Å². The van der Waals surface area contributed by atoms with Crippen molar-refractivity contribution < 1.29 is 9.47 Å². The van der Waals surface area contributed by atoms with Crippen LogP contribution in [0.1, 0.15) is 12.8 Å². The monoisotopic (exact) mass is 183 g/mol. The van der Waals surface area contributed by atoms with Crippen molar-refractivity contribution in [3.8, 4) is 0 Å². The third-order valence-electron chi connectivity index (χ3n) is 2.82. The molecule has 5 heteroatoms. The SMILES string of the molecule is [N-]=[N+]=NCC1CC2(CCOC2)CO1. The molecule has 2 unspecified atom stereocenters. The van der Waals surface area contributed by atoms with E-state index in [1.54, 1.807) is 0 Å². The molecule has 2 fully saturated rings. The van der Waals surface area contributed by atoms with E-state index in [9.17, 15) is 0 Å². The minimum atomic E-state index is 0.109. The molecule has 0 bridgehead atoms. The van der Waals surface area contributed by atoms with Crippen LogP contribution in [0, 0.1) is 5.41 Å². The van der Waals surface area contributed by atoms with Gasteiger partial charge >= 0.3 is 0 Å². The summed E-state index contributed by atoms with van der Waals surface area (Å²) in [5.41, 5.74) is 8.39. The number of ether oxygens (including phenoxy) is 2. The number of hydrogen-bond acceptors (Lipinski definition) is 3. The molecule has 0 aromatic rings. The van der Waals surface area contributed by atoms with E-state index in [2.05, 4.69) is 10.0 Å². The van der Waals surface area contributed by atoms with Gasteiger partial charge in [-0.25, -0.2) is 0 Å². The molecular weight excluding hydrogens is 170 g/mol. The molecule has 0 amide bonds. The Morgan fingerprint density at radius 1 is 1.54 bits per heavy atom. The lowest BCUT2D eigenvalue weighted by atomic mass is 9.85. The van der Waals surface area contributed by atoms with Gasteiger partial charge in [-0.3, -0.25) is 0 Å². The smallest absolute Gasteiger partial charge is 0.0638 e. The van der Waals surface area contributed by atoms with Gasteiger partial charge in [-0.1, -0.05) is 5.11 Å². The van der Waals surface area contributed by atoms with Gasteiger partial charge in [-0.2, -0.15) is 0 Å². The standard InChI is InChI=1S/C8H13N3O2/c9-11-10-4-7-3-8(6-13-7)1-2-12-5-8/h7H,1-6H2.